The van der Waals surface area contributed by atoms with Crippen molar-refractivity contribution in [2.45, 2.75) is 78.0 Å². The van der Waals surface area contributed by atoms with Crippen LogP contribution in [0.15, 0.2) is 12.3 Å². The minimum Gasteiger partial charge on any atom is -0.465 e. The van der Waals surface area contributed by atoms with E-state index in [-0.39, 0.29) is 11.6 Å². The monoisotopic (exact) mass is 520 g/mol. The average Bonchev–Trinajstić information content (AvgIpc) is 3.32. The van der Waals surface area contributed by atoms with Gasteiger partial charge in [-0.1, -0.05) is 19.9 Å². The predicted molar refractivity (Wildman–Crippen MR) is 145 cm³/mol. The summed E-state index contributed by atoms with van der Waals surface area (Å²) < 4.78 is 20.1. The van der Waals surface area contributed by atoms with E-state index < -0.39 is 6.09 Å². The molecule has 1 amide bonds. The Bertz CT molecular complexity index is 855. The first kappa shape index (κ1) is 29.6. The fourth-order valence-electron chi connectivity index (χ4n) is 5.01. The molecule has 1 aromatic rings. The van der Waals surface area contributed by atoms with Gasteiger partial charge in [-0.2, -0.15) is 5.10 Å². The molecule has 37 heavy (non-hydrogen) atoms. The van der Waals surface area contributed by atoms with Crippen molar-refractivity contribution in [2.75, 3.05) is 60.2 Å². The average molecular weight is 521 g/mol. The lowest BCUT2D eigenvalue weighted by atomic mass is 9.75. The van der Waals surface area contributed by atoms with Crippen molar-refractivity contribution in [2.24, 2.45) is 5.41 Å². The summed E-state index contributed by atoms with van der Waals surface area (Å²) in [6, 6.07) is 0. The SMILES string of the molecule is CCCOCC1(COCCC)CC=C(c2nn(C3CCCCO3)cc2CN(C)CCN(C)C(=O)O)CC1. The molecule has 3 rings (SSSR count). The molecule has 1 aliphatic carbocycles. The largest absolute Gasteiger partial charge is 0.465 e. The first-order chi connectivity index (χ1) is 17.9. The topological polar surface area (TPSA) is 89.3 Å². The van der Waals surface area contributed by atoms with Crippen LogP contribution in [0.25, 0.3) is 5.57 Å². The lowest BCUT2D eigenvalue weighted by molar-refractivity contribution is -0.0396. The summed E-state index contributed by atoms with van der Waals surface area (Å²) in [5, 5.41) is 14.2. The number of carbonyl (C=O) groups is 1. The van der Waals surface area contributed by atoms with E-state index in [9.17, 15) is 9.90 Å². The van der Waals surface area contributed by atoms with Crippen molar-refractivity contribution < 1.29 is 24.1 Å². The second-order valence-electron chi connectivity index (χ2n) is 10.8. The molecule has 9 heteroatoms. The number of ether oxygens (including phenoxy) is 3. The van der Waals surface area contributed by atoms with Gasteiger partial charge in [-0.25, -0.2) is 9.48 Å². The highest BCUT2D eigenvalue weighted by atomic mass is 16.5. The lowest BCUT2D eigenvalue weighted by Gasteiger charge is -2.36. The van der Waals surface area contributed by atoms with Gasteiger partial charge in [0.25, 0.3) is 0 Å². The van der Waals surface area contributed by atoms with E-state index in [1.807, 2.05) is 11.7 Å². The van der Waals surface area contributed by atoms with Crippen LogP contribution >= 0.6 is 0 Å². The highest BCUT2D eigenvalue weighted by Gasteiger charge is 2.34. The van der Waals surface area contributed by atoms with Crippen LogP contribution in [0.3, 0.4) is 0 Å². The third kappa shape index (κ3) is 8.80. The zero-order chi connectivity index (χ0) is 26.7. The van der Waals surface area contributed by atoms with E-state index in [1.54, 1.807) is 7.05 Å². The van der Waals surface area contributed by atoms with Gasteiger partial charge in [0.2, 0.25) is 0 Å². The fraction of sp³-hybridized carbons (Fsp3) is 0.786. The van der Waals surface area contributed by atoms with Crippen LogP contribution in [0, 0.1) is 5.41 Å². The molecular weight excluding hydrogens is 472 g/mol. The van der Waals surface area contributed by atoms with Gasteiger partial charge >= 0.3 is 6.09 Å². The van der Waals surface area contributed by atoms with Crippen LogP contribution in [-0.4, -0.2) is 91.0 Å². The summed E-state index contributed by atoms with van der Waals surface area (Å²) in [6.45, 7) is 9.90. The molecule has 2 heterocycles. The van der Waals surface area contributed by atoms with Crippen molar-refractivity contribution in [3.8, 4) is 0 Å². The van der Waals surface area contributed by atoms with Crippen LogP contribution in [0.4, 0.5) is 4.79 Å². The van der Waals surface area contributed by atoms with Gasteiger partial charge in [0.1, 0.15) is 6.23 Å². The van der Waals surface area contributed by atoms with Gasteiger partial charge in [-0.05, 0) is 64.0 Å². The Morgan fingerprint density at radius 3 is 2.49 bits per heavy atom. The molecule has 0 saturated carbocycles. The van der Waals surface area contributed by atoms with Crippen LogP contribution < -0.4 is 0 Å². The van der Waals surface area contributed by atoms with Gasteiger partial charge in [-0.15, -0.1) is 0 Å². The number of aromatic nitrogens is 2. The normalized spacial score (nSPS) is 19.7. The van der Waals surface area contributed by atoms with Gasteiger partial charge < -0.3 is 29.1 Å². The second-order valence-corrected chi connectivity index (χ2v) is 10.8. The Morgan fingerprint density at radius 2 is 1.92 bits per heavy atom. The Labute approximate surface area is 222 Å². The molecule has 1 fully saturated rings. The number of allylic oxidation sites excluding steroid dienone is 2. The van der Waals surface area contributed by atoms with Crippen molar-refractivity contribution in [3.05, 3.63) is 23.5 Å². The zero-order valence-corrected chi connectivity index (χ0v) is 23.4. The molecule has 1 unspecified atom stereocenters. The quantitative estimate of drug-likeness (QED) is 0.324. The molecule has 0 aromatic carbocycles. The van der Waals surface area contributed by atoms with Gasteiger partial charge in [0, 0.05) is 63.7 Å². The Hall–Kier alpha value is -1.94. The van der Waals surface area contributed by atoms with Crippen molar-refractivity contribution >= 4 is 11.7 Å². The molecule has 1 saturated heterocycles. The maximum Gasteiger partial charge on any atom is 0.407 e. The zero-order valence-electron chi connectivity index (χ0n) is 23.4. The van der Waals surface area contributed by atoms with Crippen molar-refractivity contribution in [1.82, 2.24) is 19.6 Å². The minimum atomic E-state index is -0.905. The summed E-state index contributed by atoms with van der Waals surface area (Å²) in [4.78, 5) is 14.7. The van der Waals surface area contributed by atoms with E-state index in [2.05, 4.69) is 31.0 Å². The van der Waals surface area contributed by atoms with Gasteiger partial charge in [-0.3, -0.25) is 0 Å². The Morgan fingerprint density at radius 1 is 1.19 bits per heavy atom. The van der Waals surface area contributed by atoms with Crippen LogP contribution in [0.1, 0.15) is 82.7 Å². The molecule has 0 radical (unpaired) electrons. The first-order valence-electron chi connectivity index (χ1n) is 14.0. The predicted octanol–water partition coefficient (Wildman–Crippen LogP) is 5.03. The molecule has 9 nitrogen and oxygen atoms in total. The summed E-state index contributed by atoms with van der Waals surface area (Å²) in [5.41, 5.74) is 3.51. The molecule has 0 spiro atoms. The van der Waals surface area contributed by atoms with Crippen LogP contribution in [0.2, 0.25) is 0 Å². The van der Waals surface area contributed by atoms with Crippen LogP contribution in [-0.2, 0) is 20.8 Å². The number of carboxylic acid groups (broad SMARTS) is 1. The number of hydrogen-bond acceptors (Lipinski definition) is 6. The third-order valence-corrected chi connectivity index (χ3v) is 7.37. The minimum absolute atomic E-state index is 0.0151. The van der Waals surface area contributed by atoms with Crippen LogP contribution in [0.5, 0.6) is 0 Å². The summed E-state index contributed by atoms with van der Waals surface area (Å²) in [6.07, 6.45) is 11.7. The highest BCUT2D eigenvalue weighted by Crippen LogP contribution is 2.40. The summed E-state index contributed by atoms with van der Waals surface area (Å²) in [5.74, 6) is 0. The highest BCUT2D eigenvalue weighted by molar-refractivity contribution is 5.66. The number of amides is 1. The molecule has 2 aliphatic rings. The van der Waals surface area contributed by atoms with Gasteiger partial charge in [0.15, 0.2) is 0 Å². The number of hydrogen-bond donors (Lipinski definition) is 1. The fourth-order valence-corrected chi connectivity index (χ4v) is 5.01. The Kier molecular flexibility index (Phi) is 11.9. The molecule has 210 valence electrons. The molecular formula is C28H48N4O5. The molecule has 1 N–H and O–H groups in total. The van der Waals surface area contributed by atoms with E-state index in [4.69, 9.17) is 19.3 Å². The molecule has 0 bridgehead atoms. The van der Waals surface area contributed by atoms with E-state index in [0.29, 0.717) is 19.6 Å². The van der Waals surface area contributed by atoms with E-state index >= 15 is 0 Å². The maximum absolute atomic E-state index is 11.2. The van der Waals surface area contributed by atoms with Crippen molar-refractivity contribution in [1.29, 1.82) is 0 Å². The second kappa shape index (κ2) is 14.9. The molecule has 1 atom stereocenters. The maximum atomic E-state index is 11.2. The molecule has 1 aliphatic heterocycles. The Balaban J connectivity index is 1.78. The summed E-state index contributed by atoms with van der Waals surface area (Å²) in [7, 11) is 3.64. The third-order valence-electron chi connectivity index (χ3n) is 7.37. The lowest BCUT2D eigenvalue weighted by Crippen LogP contribution is -2.34. The van der Waals surface area contributed by atoms with Crippen molar-refractivity contribution in [3.63, 3.8) is 0 Å². The smallest absolute Gasteiger partial charge is 0.407 e. The van der Waals surface area contributed by atoms with E-state index in [1.165, 1.54) is 10.5 Å². The van der Waals surface area contributed by atoms with Gasteiger partial charge in [0.05, 0.1) is 18.9 Å². The summed E-state index contributed by atoms with van der Waals surface area (Å²) >= 11 is 0. The molecule has 1 aromatic heterocycles. The number of nitrogens with zero attached hydrogens (tertiary/aromatic N) is 4. The number of likely N-dealkylation sites (N-methyl/N-ethyl adjacent to an activating group) is 2. The number of rotatable bonds is 15. The standard InChI is InChI=1S/C28H48N4O5/c1-5-16-35-21-28(22-36-17-6-2)12-10-23(11-13-28)26-24(19-30(3)14-15-31(4)27(33)34)20-32(29-26)25-9-7-8-18-37-25/h10,20,25H,5-9,11-19,21-22H2,1-4H3,(H,33,34). The van der Waals surface area contributed by atoms with E-state index in [0.717, 1.165) is 95.7 Å². The first-order valence-corrected chi connectivity index (χ1v) is 14.0.